The van der Waals surface area contributed by atoms with Crippen LogP contribution in [0.25, 0.3) is 0 Å². The molecule has 1 aliphatic rings. The number of methoxy groups -OCH3 is 1. The van der Waals surface area contributed by atoms with Gasteiger partial charge in [0.1, 0.15) is 16.5 Å². The minimum absolute atomic E-state index is 0.0738. The average Bonchev–Trinajstić information content (AvgIpc) is 3.65. The van der Waals surface area contributed by atoms with Crippen LogP contribution in [0.15, 0.2) is 23.8 Å². The van der Waals surface area contributed by atoms with E-state index < -0.39 is 29.9 Å². The summed E-state index contributed by atoms with van der Waals surface area (Å²) in [5.74, 6) is -0.901. The van der Waals surface area contributed by atoms with Gasteiger partial charge in [0.15, 0.2) is 6.10 Å². The molecular weight excluding hydrogens is 534 g/mol. The minimum Gasteiger partial charge on any atom is -0.469 e. The Bertz CT molecular complexity index is 1170. The quantitative estimate of drug-likeness (QED) is 0.337. The zero-order valence-electron chi connectivity index (χ0n) is 24.0. The van der Waals surface area contributed by atoms with Gasteiger partial charge >= 0.3 is 11.9 Å². The number of carbonyl (C=O) groups excluding carboxylic acids is 4. The van der Waals surface area contributed by atoms with Gasteiger partial charge in [0, 0.05) is 62.6 Å². The third kappa shape index (κ3) is 8.80. The lowest BCUT2D eigenvalue weighted by atomic mass is 9.96. The molecule has 0 aliphatic heterocycles. The first-order valence-corrected chi connectivity index (χ1v) is 14.4. The van der Waals surface area contributed by atoms with E-state index >= 15 is 0 Å². The molecule has 1 fully saturated rings. The Balaban J connectivity index is 1.77. The minimum atomic E-state index is -0.709. The number of nitrogens with zero attached hydrogens (tertiary/aromatic N) is 4. The first kappa shape index (κ1) is 31.1. The topological polar surface area (TPSA) is 141 Å². The zero-order valence-corrected chi connectivity index (χ0v) is 24.8. The van der Waals surface area contributed by atoms with E-state index in [0.717, 1.165) is 12.8 Å². The lowest BCUT2D eigenvalue weighted by Gasteiger charge is -2.33. The van der Waals surface area contributed by atoms with Crippen molar-refractivity contribution in [1.29, 1.82) is 0 Å². The highest BCUT2D eigenvalue weighted by atomic mass is 32.1. The summed E-state index contributed by atoms with van der Waals surface area (Å²) in [4.78, 5) is 64.8. The van der Waals surface area contributed by atoms with E-state index in [1.165, 1.54) is 25.4 Å². The molecule has 0 bridgehead atoms. The van der Waals surface area contributed by atoms with Gasteiger partial charge in [0.25, 0.3) is 5.91 Å². The van der Waals surface area contributed by atoms with Gasteiger partial charge in [0.05, 0.1) is 13.0 Å². The van der Waals surface area contributed by atoms with Gasteiger partial charge in [-0.1, -0.05) is 20.8 Å². The molecule has 2 aromatic heterocycles. The number of hydrogen-bond donors (Lipinski definition) is 1. The van der Waals surface area contributed by atoms with Gasteiger partial charge in [-0.05, 0) is 31.2 Å². The third-order valence-electron chi connectivity index (χ3n) is 6.96. The van der Waals surface area contributed by atoms with Crippen LogP contribution in [-0.2, 0) is 30.3 Å². The van der Waals surface area contributed by atoms with E-state index in [0.29, 0.717) is 30.1 Å². The number of rotatable bonds is 14. The Kier molecular flexibility index (Phi) is 11.1. The van der Waals surface area contributed by atoms with Crippen LogP contribution in [0.4, 0.5) is 0 Å². The van der Waals surface area contributed by atoms with Crippen LogP contribution in [0.3, 0.4) is 0 Å². The molecule has 2 amide bonds. The molecule has 0 radical (unpaired) electrons. The van der Waals surface area contributed by atoms with Crippen molar-refractivity contribution in [3.8, 4) is 0 Å². The SMILES string of the molecule is COC(=O)[C@@H](C)C[C@H](Cc1ncccn1)NC(=O)c1csc([C@@H](CC(C(C)C)N(C)C(=O)C2CC2)OC(C)=O)n1. The maximum atomic E-state index is 13.2. The van der Waals surface area contributed by atoms with E-state index in [9.17, 15) is 19.2 Å². The van der Waals surface area contributed by atoms with Crippen molar-refractivity contribution in [2.45, 2.75) is 78.0 Å². The number of nitrogens with one attached hydrogen (secondary N) is 1. The van der Waals surface area contributed by atoms with Crippen LogP contribution in [0.1, 0.15) is 80.8 Å². The highest BCUT2D eigenvalue weighted by Crippen LogP contribution is 2.35. The smallest absolute Gasteiger partial charge is 0.308 e. The molecule has 12 heteroatoms. The van der Waals surface area contributed by atoms with Gasteiger partial charge in [0.2, 0.25) is 5.91 Å². The molecule has 0 aromatic carbocycles. The Morgan fingerprint density at radius 3 is 2.38 bits per heavy atom. The van der Waals surface area contributed by atoms with Crippen LogP contribution in [0.2, 0.25) is 0 Å². The molecule has 1 N–H and O–H groups in total. The second-order valence-electron chi connectivity index (χ2n) is 10.6. The number of hydrogen-bond acceptors (Lipinski definition) is 10. The number of amides is 2. The molecule has 0 spiro atoms. The predicted octanol–water partition coefficient (Wildman–Crippen LogP) is 3.36. The van der Waals surface area contributed by atoms with Crippen molar-refractivity contribution < 1.29 is 28.7 Å². The fourth-order valence-electron chi connectivity index (χ4n) is 4.65. The molecule has 40 heavy (non-hydrogen) atoms. The van der Waals surface area contributed by atoms with Crippen molar-refractivity contribution in [3.05, 3.63) is 40.4 Å². The Labute approximate surface area is 239 Å². The van der Waals surface area contributed by atoms with E-state index in [-0.39, 0.29) is 35.4 Å². The summed E-state index contributed by atoms with van der Waals surface area (Å²) in [6, 6.07) is 1.08. The second-order valence-corrected chi connectivity index (χ2v) is 11.5. The Morgan fingerprint density at radius 2 is 1.80 bits per heavy atom. The van der Waals surface area contributed by atoms with E-state index in [2.05, 4.69) is 20.3 Å². The van der Waals surface area contributed by atoms with Gasteiger partial charge < -0.3 is 19.7 Å². The summed E-state index contributed by atoms with van der Waals surface area (Å²) in [5, 5.41) is 5.04. The van der Waals surface area contributed by atoms with Crippen molar-refractivity contribution in [1.82, 2.24) is 25.2 Å². The monoisotopic (exact) mass is 573 g/mol. The summed E-state index contributed by atoms with van der Waals surface area (Å²) < 4.78 is 10.5. The maximum absolute atomic E-state index is 13.2. The molecule has 0 saturated heterocycles. The lowest BCUT2D eigenvalue weighted by Crippen LogP contribution is -2.42. The van der Waals surface area contributed by atoms with Crippen molar-refractivity contribution in [3.63, 3.8) is 0 Å². The standard InChI is InChI=1S/C28H39N5O6S/c1-16(2)22(33(5)27(36)19-8-9-19)14-23(39-18(4)34)26-32-21(15-40-26)25(35)31-20(12-17(3)28(37)38-6)13-24-29-10-7-11-30-24/h7,10-11,15-17,19-20,22-23H,8-9,12-14H2,1-6H3,(H,31,35)/t17-,20+,22?,23+/m0/s1. The van der Waals surface area contributed by atoms with Crippen molar-refractivity contribution in [2.24, 2.45) is 17.8 Å². The summed E-state index contributed by atoms with van der Waals surface area (Å²) in [6.07, 6.45) is 5.34. The van der Waals surface area contributed by atoms with E-state index in [4.69, 9.17) is 9.47 Å². The highest BCUT2D eigenvalue weighted by molar-refractivity contribution is 7.09. The first-order valence-electron chi connectivity index (χ1n) is 13.5. The molecule has 218 valence electrons. The van der Waals surface area contributed by atoms with Crippen LogP contribution in [-0.4, -0.2) is 69.8 Å². The number of esters is 2. The lowest BCUT2D eigenvalue weighted by molar-refractivity contribution is -0.148. The molecule has 11 nitrogen and oxygen atoms in total. The largest absolute Gasteiger partial charge is 0.469 e. The summed E-state index contributed by atoms with van der Waals surface area (Å²) >= 11 is 1.22. The van der Waals surface area contributed by atoms with Gasteiger partial charge in [-0.3, -0.25) is 19.2 Å². The van der Waals surface area contributed by atoms with Gasteiger partial charge in [-0.15, -0.1) is 11.3 Å². The predicted molar refractivity (Wildman–Crippen MR) is 148 cm³/mol. The van der Waals surface area contributed by atoms with Crippen LogP contribution >= 0.6 is 11.3 Å². The van der Waals surface area contributed by atoms with Crippen molar-refractivity contribution in [2.75, 3.05) is 14.2 Å². The van der Waals surface area contributed by atoms with E-state index in [1.807, 2.05) is 13.8 Å². The fraction of sp³-hybridized carbons (Fsp3) is 0.607. The van der Waals surface area contributed by atoms with Crippen molar-refractivity contribution >= 4 is 35.1 Å². The molecule has 1 unspecified atom stereocenters. The third-order valence-corrected chi connectivity index (χ3v) is 7.90. The summed E-state index contributed by atoms with van der Waals surface area (Å²) in [5.41, 5.74) is 0.172. The number of thiazole rings is 1. The summed E-state index contributed by atoms with van der Waals surface area (Å²) in [7, 11) is 3.12. The van der Waals surface area contributed by atoms with Crippen LogP contribution in [0, 0.1) is 17.8 Å². The molecule has 1 saturated carbocycles. The highest BCUT2D eigenvalue weighted by Gasteiger charge is 2.37. The molecule has 2 aromatic rings. The Morgan fingerprint density at radius 1 is 1.12 bits per heavy atom. The zero-order chi connectivity index (χ0) is 29.4. The molecule has 1 aliphatic carbocycles. The fourth-order valence-corrected chi connectivity index (χ4v) is 5.49. The number of aromatic nitrogens is 3. The number of ether oxygens (including phenoxy) is 2. The first-order chi connectivity index (χ1) is 19.0. The van der Waals surface area contributed by atoms with Gasteiger partial charge in [-0.2, -0.15) is 0 Å². The average molecular weight is 574 g/mol. The van der Waals surface area contributed by atoms with Gasteiger partial charge in [-0.25, -0.2) is 15.0 Å². The molecule has 4 atom stereocenters. The summed E-state index contributed by atoms with van der Waals surface area (Å²) in [6.45, 7) is 7.12. The molecular formula is C28H39N5O6S. The molecule has 2 heterocycles. The normalized spacial score (nSPS) is 16.0. The maximum Gasteiger partial charge on any atom is 0.308 e. The Hall–Kier alpha value is -3.41. The molecule has 3 rings (SSSR count). The number of carbonyl (C=O) groups is 4. The van der Waals surface area contributed by atoms with Crippen LogP contribution in [0.5, 0.6) is 0 Å². The van der Waals surface area contributed by atoms with E-state index in [1.54, 1.807) is 42.7 Å². The second kappa shape index (κ2) is 14.3. The van der Waals surface area contributed by atoms with Crippen LogP contribution < -0.4 is 5.32 Å².